The van der Waals surface area contributed by atoms with Gasteiger partial charge in [0.1, 0.15) is 35.8 Å². The first-order valence-electron chi connectivity index (χ1n) is 8.85. The van der Waals surface area contributed by atoms with Gasteiger partial charge in [-0.1, -0.05) is 6.07 Å². The quantitative estimate of drug-likeness (QED) is 0.442. The lowest BCUT2D eigenvalue weighted by atomic mass is 10.1. The van der Waals surface area contributed by atoms with E-state index in [0.29, 0.717) is 22.5 Å². The number of aromatic nitrogens is 4. The van der Waals surface area contributed by atoms with Gasteiger partial charge in [-0.3, -0.25) is 9.36 Å². The molecular formula is C18H20N6O5. The molecule has 3 heterocycles. The van der Waals surface area contributed by atoms with Crippen LogP contribution in [-0.2, 0) is 4.74 Å². The molecule has 1 aliphatic rings. The summed E-state index contributed by atoms with van der Waals surface area (Å²) >= 11 is 0. The number of nitrogen functional groups attached to an aromatic ring is 1. The second-order valence-corrected chi connectivity index (χ2v) is 6.55. The van der Waals surface area contributed by atoms with Gasteiger partial charge < -0.3 is 30.7 Å². The molecule has 0 saturated carbocycles. The van der Waals surface area contributed by atoms with Gasteiger partial charge in [-0.05, 0) is 18.2 Å². The minimum absolute atomic E-state index is 0.197. The lowest BCUT2D eigenvalue weighted by Crippen LogP contribution is -2.46. The number of imidazole rings is 1. The van der Waals surface area contributed by atoms with Crippen molar-refractivity contribution in [1.29, 1.82) is 0 Å². The number of amides is 1. The normalized spacial score (nSPS) is 24.0. The van der Waals surface area contributed by atoms with Crippen LogP contribution in [0, 0.1) is 0 Å². The number of rotatable bonds is 5. The van der Waals surface area contributed by atoms with Gasteiger partial charge in [-0.15, -0.1) is 0 Å². The topological polar surface area (TPSA) is 158 Å². The Hall–Kier alpha value is -3.28. The Balaban J connectivity index is 1.67. The summed E-state index contributed by atoms with van der Waals surface area (Å²) in [4.78, 5) is 25.0. The molecule has 11 heteroatoms. The first-order chi connectivity index (χ1) is 14.0. The number of benzene rings is 1. The minimum Gasteiger partial charge on any atom is -0.497 e. The first-order valence-corrected chi connectivity index (χ1v) is 8.85. The van der Waals surface area contributed by atoms with E-state index >= 15 is 0 Å². The molecule has 3 aromatic rings. The molecule has 1 fully saturated rings. The predicted octanol–water partition coefficient (Wildman–Crippen LogP) is -0.534. The van der Waals surface area contributed by atoms with Crippen LogP contribution in [0.3, 0.4) is 0 Å². The van der Waals surface area contributed by atoms with E-state index in [0.717, 1.165) is 0 Å². The van der Waals surface area contributed by atoms with Gasteiger partial charge in [0, 0.05) is 5.56 Å². The molecular weight excluding hydrogens is 380 g/mol. The Morgan fingerprint density at radius 3 is 2.97 bits per heavy atom. The van der Waals surface area contributed by atoms with Crippen molar-refractivity contribution in [2.45, 2.75) is 24.5 Å². The van der Waals surface area contributed by atoms with Crippen molar-refractivity contribution in [3.05, 3.63) is 42.5 Å². The maximum Gasteiger partial charge on any atom is 0.251 e. The highest BCUT2D eigenvalue weighted by atomic mass is 16.5. The van der Waals surface area contributed by atoms with Gasteiger partial charge in [0.25, 0.3) is 5.91 Å². The number of ether oxygens (including phenoxy) is 2. The molecule has 0 spiro atoms. The summed E-state index contributed by atoms with van der Waals surface area (Å²) in [5.74, 6) is 0.292. The molecule has 29 heavy (non-hydrogen) atoms. The van der Waals surface area contributed by atoms with E-state index in [-0.39, 0.29) is 5.82 Å². The SMILES string of the molecule is COc1cccc(C(=O)NC2C(O)[C@@H](CO)O[C@H]2n2cnc3c(N)ncnc32)c1. The molecule has 0 bridgehead atoms. The smallest absolute Gasteiger partial charge is 0.251 e. The van der Waals surface area contributed by atoms with E-state index in [2.05, 4.69) is 20.3 Å². The Bertz CT molecular complexity index is 1040. The predicted molar refractivity (Wildman–Crippen MR) is 101 cm³/mol. The van der Waals surface area contributed by atoms with Gasteiger partial charge in [0.15, 0.2) is 17.7 Å². The summed E-state index contributed by atoms with van der Waals surface area (Å²) in [6.07, 6.45) is -0.189. The second kappa shape index (κ2) is 7.62. The van der Waals surface area contributed by atoms with Crippen LogP contribution in [-0.4, -0.2) is 67.6 Å². The van der Waals surface area contributed by atoms with Crippen molar-refractivity contribution in [2.24, 2.45) is 0 Å². The molecule has 4 atom stereocenters. The van der Waals surface area contributed by atoms with E-state index in [9.17, 15) is 15.0 Å². The summed E-state index contributed by atoms with van der Waals surface area (Å²) in [5.41, 5.74) is 6.94. The number of carbonyl (C=O) groups is 1. The summed E-state index contributed by atoms with van der Waals surface area (Å²) in [6.45, 7) is -0.424. The van der Waals surface area contributed by atoms with Gasteiger partial charge in [0.2, 0.25) is 0 Å². The summed E-state index contributed by atoms with van der Waals surface area (Å²) in [5, 5.41) is 23.0. The maximum absolute atomic E-state index is 12.8. The zero-order valence-electron chi connectivity index (χ0n) is 15.5. The standard InChI is InChI=1S/C18H20N6O5/c1-28-10-4-2-3-9(5-10)17(27)23-12-14(26)11(6-25)29-18(12)24-8-22-13-15(19)20-7-21-16(13)24/h2-5,7-8,11-12,14,18,25-26H,6H2,1H3,(H,23,27)(H2,19,20,21)/t11-,12?,14?,18-/m1/s1. The fourth-order valence-corrected chi connectivity index (χ4v) is 3.35. The number of hydrogen-bond donors (Lipinski definition) is 4. The molecule has 1 saturated heterocycles. The average Bonchev–Trinajstić information content (AvgIpc) is 3.30. The van der Waals surface area contributed by atoms with Gasteiger partial charge >= 0.3 is 0 Å². The zero-order chi connectivity index (χ0) is 20.5. The third-order valence-corrected chi connectivity index (χ3v) is 4.84. The number of carbonyl (C=O) groups excluding carboxylic acids is 1. The number of methoxy groups -OCH3 is 1. The largest absolute Gasteiger partial charge is 0.497 e. The molecule has 1 aromatic carbocycles. The maximum atomic E-state index is 12.8. The molecule has 0 radical (unpaired) electrons. The van der Waals surface area contributed by atoms with Crippen molar-refractivity contribution < 1.29 is 24.5 Å². The fourth-order valence-electron chi connectivity index (χ4n) is 3.35. The van der Waals surface area contributed by atoms with Crippen molar-refractivity contribution in [2.75, 3.05) is 19.5 Å². The van der Waals surface area contributed by atoms with E-state index in [1.807, 2.05) is 0 Å². The minimum atomic E-state index is -1.16. The van der Waals surface area contributed by atoms with Gasteiger partial charge in [-0.25, -0.2) is 15.0 Å². The Labute approximate surface area is 165 Å². The Kier molecular flexibility index (Phi) is 5.01. The number of aliphatic hydroxyl groups excluding tert-OH is 2. The number of nitrogens with two attached hydrogens (primary N) is 1. The highest BCUT2D eigenvalue weighted by Gasteiger charge is 2.45. The Morgan fingerprint density at radius 1 is 1.38 bits per heavy atom. The van der Waals surface area contributed by atoms with Crippen molar-refractivity contribution in [3.63, 3.8) is 0 Å². The second-order valence-electron chi connectivity index (χ2n) is 6.55. The summed E-state index contributed by atoms with van der Waals surface area (Å²) in [6, 6.07) is 5.73. The van der Waals surface area contributed by atoms with Crippen molar-refractivity contribution in [1.82, 2.24) is 24.8 Å². The monoisotopic (exact) mass is 400 g/mol. The number of anilines is 1. The van der Waals surface area contributed by atoms with Crippen LogP contribution in [0.1, 0.15) is 16.6 Å². The molecule has 11 nitrogen and oxygen atoms in total. The van der Waals surface area contributed by atoms with Crippen LogP contribution in [0.2, 0.25) is 0 Å². The fraction of sp³-hybridized carbons (Fsp3) is 0.333. The first kappa shape index (κ1) is 19.1. The van der Waals surface area contributed by atoms with E-state index < -0.39 is 37.0 Å². The van der Waals surface area contributed by atoms with E-state index in [1.54, 1.807) is 28.8 Å². The highest BCUT2D eigenvalue weighted by Crippen LogP contribution is 2.32. The number of nitrogens with zero attached hydrogens (tertiary/aromatic N) is 4. The molecule has 1 aliphatic heterocycles. The molecule has 5 N–H and O–H groups in total. The average molecular weight is 400 g/mol. The number of nitrogens with one attached hydrogen (secondary N) is 1. The highest BCUT2D eigenvalue weighted by molar-refractivity contribution is 5.94. The number of fused-ring (bicyclic) bond motifs is 1. The van der Waals surface area contributed by atoms with E-state index in [4.69, 9.17) is 15.2 Å². The number of hydrogen-bond acceptors (Lipinski definition) is 9. The Morgan fingerprint density at radius 2 is 2.21 bits per heavy atom. The summed E-state index contributed by atoms with van der Waals surface area (Å²) in [7, 11) is 1.51. The van der Waals surface area contributed by atoms with Crippen molar-refractivity contribution in [3.8, 4) is 5.75 Å². The van der Waals surface area contributed by atoms with Crippen LogP contribution in [0.4, 0.5) is 5.82 Å². The van der Waals surface area contributed by atoms with Crippen LogP contribution < -0.4 is 15.8 Å². The van der Waals surface area contributed by atoms with Gasteiger partial charge in [0.05, 0.1) is 20.0 Å². The molecule has 152 valence electrons. The van der Waals surface area contributed by atoms with Crippen LogP contribution in [0.25, 0.3) is 11.2 Å². The zero-order valence-corrected chi connectivity index (χ0v) is 15.5. The van der Waals surface area contributed by atoms with Crippen LogP contribution >= 0.6 is 0 Å². The van der Waals surface area contributed by atoms with Crippen LogP contribution in [0.5, 0.6) is 5.75 Å². The van der Waals surface area contributed by atoms with Crippen molar-refractivity contribution >= 4 is 22.9 Å². The number of aliphatic hydroxyl groups is 2. The van der Waals surface area contributed by atoms with Crippen LogP contribution in [0.15, 0.2) is 36.9 Å². The summed E-state index contributed by atoms with van der Waals surface area (Å²) < 4.78 is 12.5. The third-order valence-electron chi connectivity index (χ3n) is 4.84. The molecule has 0 aliphatic carbocycles. The molecule has 2 aromatic heterocycles. The van der Waals surface area contributed by atoms with E-state index in [1.165, 1.54) is 19.8 Å². The molecule has 4 rings (SSSR count). The third kappa shape index (κ3) is 3.35. The van der Waals surface area contributed by atoms with Gasteiger partial charge in [-0.2, -0.15) is 0 Å². The molecule has 2 unspecified atom stereocenters. The lowest BCUT2D eigenvalue weighted by Gasteiger charge is -2.23. The molecule has 1 amide bonds. The lowest BCUT2D eigenvalue weighted by molar-refractivity contribution is -0.0440.